The van der Waals surface area contributed by atoms with Crippen molar-refractivity contribution in [3.05, 3.63) is 46.8 Å². The highest BCUT2D eigenvalue weighted by Gasteiger charge is 2.11. The molecule has 0 atom stereocenters. The van der Waals surface area contributed by atoms with Gasteiger partial charge in [0.1, 0.15) is 11.4 Å². The van der Waals surface area contributed by atoms with Gasteiger partial charge in [-0.3, -0.25) is 4.79 Å². The number of amides is 1. The Morgan fingerprint density at radius 3 is 2.53 bits per heavy atom. The molecule has 2 aromatic rings. The van der Waals surface area contributed by atoms with Gasteiger partial charge in [0.25, 0.3) is 0 Å². The number of benzene rings is 1. The molecule has 0 unspecified atom stereocenters. The highest BCUT2D eigenvalue weighted by molar-refractivity contribution is 5.92. The van der Waals surface area contributed by atoms with E-state index in [4.69, 9.17) is 4.52 Å². The highest BCUT2D eigenvalue weighted by Crippen LogP contribution is 2.22. The third-order valence-corrected chi connectivity index (χ3v) is 2.69. The first kappa shape index (κ1) is 13.1. The van der Waals surface area contributed by atoms with Crippen LogP contribution in [0.15, 0.2) is 28.8 Å². The van der Waals surface area contributed by atoms with Crippen molar-refractivity contribution in [1.82, 2.24) is 5.16 Å². The first-order chi connectivity index (χ1) is 9.06. The molecule has 0 aliphatic rings. The zero-order valence-corrected chi connectivity index (χ0v) is 11.2. The summed E-state index contributed by atoms with van der Waals surface area (Å²) in [4.78, 5) is 11.1. The van der Waals surface area contributed by atoms with Crippen molar-refractivity contribution in [2.45, 2.75) is 20.8 Å². The maximum atomic E-state index is 11.1. The molecule has 0 bridgehead atoms. The average Bonchev–Trinajstić information content (AvgIpc) is 2.70. The minimum Gasteiger partial charge on any atom is -0.354 e. The molecule has 0 radical (unpaired) electrons. The van der Waals surface area contributed by atoms with E-state index in [1.807, 2.05) is 37.3 Å². The van der Waals surface area contributed by atoms with Gasteiger partial charge in [-0.25, -0.2) is 0 Å². The monoisotopic (exact) mass is 256 g/mol. The van der Waals surface area contributed by atoms with Crippen molar-refractivity contribution in [2.75, 3.05) is 5.32 Å². The Bertz CT molecular complexity index is 610. The van der Waals surface area contributed by atoms with E-state index in [1.54, 1.807) is 13.0 Å². The molecule has 0 aliphatic carbocycles. The molecule has 1 N–H and O–H groups in total. The fourth-order valence-corrected chi connectivity index (χ4v) is 1.68. The number of aromatic nitrogens is 1. The molecule has 0 saturated carbocycles. The number of hydrogen-bond acceptors (Lipinski definition) is 3. The second kappa shape index (κ2) is 5.52. The standard InChI is InChI=1S/C15H16N2O2/c1-10-4-6-13(7-5-10)8-9-14-15(16-12(3)18)11(2)17-19-14/h4-9H,1-3H3,(H,16,18)/b9-8+. The van der Waals surface area contributed by atoms with E-state index in [9.17, 15) is 4.79 Å². The molecular formula is C15H16N2O2. The van der Waals surface area contributed by atoms with Crippen LogP contribution in [0.5, 0.6) is 0 Å². The van der Waals surface area contributed by atoms with Gasteiger partial charge in [0.15, 0.2) is 5.76 Å². The van der Waals surface area contributed by atoms with Crippen LogP contribution >= 0.6 is 0 Å². The van der Waals surface area contributed by atoms with Gasteiger partial charge in [0.2, 0.25) is 5.91 Å². The van der Waals surface area contributed by atoms with Gasteiger partial charge in [-0.2, -0.15) is 0 Å². The fraction of sp³-hybridized carbons (Fsp3) is 0.200. The highest BCUT2D eigenvalue weighted by atomic mass is 16.5. The molecule has 0 fully saturated rings. The number of anilines is 1. The van der Waals surface area contributed by atoms with Gasteiger partial charge < -0.3 is 9.84 Å². The third kappa shape index (κ3) is 3.31. The second-order valence-corrected chi connectivity index (χ2v) is 4.43. The Hall–Kier alpha value is -2.36. The van der Waals surface area contributed by atoms with Gasteiger partial charge >= 0.3 is 0 Å². The van der Waals surface area contributed by atoms with E-state index in [0.29, 0.717) is 17.1 Å². The summed E-state index contributed by atoms with van der Waals surface area (Å²) in [6, 6.07) is 8.13. The lowest BCUT2D eigenvalue weighted by Gasteiger charge is -1.99. The Morgan fingerprint density at radius 1 is 1.21 bits per heavy atom. The summed E-state index contributed by atoms with van der Waals surface area (Å²) in [5.41, 5.74) is 3.56. The molecule has 0 aliphatic heterocycles. The van der Waals surface area contributed by atoms with E-state index in [0.717, 1.165) is 5.56 Å². The second-order valence-electron chi connectivity index (χ2n) is 4.43. The first-order valence-corrected chi connectivity index (χ1v) is 6.05. The Kier molecular flexibility index (Phi) is 3.80. The lowest BCUT2D eigenvalue weighted by atomic mass is 10.1. The van der Waals surface area contributed by atoms with Crippen molar-refractivity contribution >= 4 is 23.7 Å². The molecule has 98 valence electrons. The van der Waals surface area contributed by atoms with Crippen LogP contribution in [0.4, 0.5) is 5.69 Å². The van der Waals surface area contributed by atoms with Crippen molar-refractivity contribution in [2.24, 2.45) is 0 Å². The van der Waals surface area contributed by atoms with E-state index in [2.05, 4.69) is 10.5 Å². The zero-order chi connectivity index (χ0) is 13.8. The summed E-state index contributed by atoms with van der Waals surface area (Å²) in [5, 5.41) is 6.58. The van der Waals surface area contributed by atoms with E-state index < -0.39 is 0 Å². The summed E-state index contributed by atoms with van der Waals surface area (Å²) < 4.78 is 5.19. The summed E-state index contributed by atoms with van der Waals surface area (Å²) in [5.74, 6) is 0.407. The van der Waals surface area contributed by atoms with Gasteiger partial charge in [-0.1, -0.05) is 41.1 Å². The van der Waals surface area contributed by atoms with Crippen LogP contribution in [0.3, 0.4) is 0 Å². The Morgan fingerprint density at radius 2 is 1.89 bits per heavy atom. The largest absolute Gasteiger partial charge is 0.354 e. The van der Waals surface area contributed by atoms with E-state index in [1.165, 1.54) is 12.5 Å². The topological polar surface area (TPSA) is 55.1 Å². The number of carbonyl (C=O) groups excluding carboxylic acids is 1. The minimum atomic E-state index is -0.142. The lowest BCUT2D eigenvalue weighted by Crippen LogP contribution is -2.06. The maximum absolute atomic E-state index is 11.1. The van der Waals surface area contributed by atoms with Crippen molar-refractivity contribution in [3.8, 4) is 0 Å². The third-order valence-electron chi connectivity index (χ3n) is 2.69. The van der Waals surface area contributed by atoms with Crippen LogP contribution in [0.1, 0.15) is 29.5 Å². The molecule has 1 heterocycles. The number of aryl methyl sites for hydroxylation is 2. The molecule has 1 aromatic heterocycles. The predicted octanol–water partition coefficient (Wildman–Crippen LogP) is 3.42. The lowest BCUT2D eigenvalue weighted by molar-refractivity contribution is -0.114. The number of hydrogen-bond donors (Lipinski definition) is 1. The normalized spacial score (nSPS) is 10.9. The van der Waals surface area contributed by atoms with Crippen molar-refractivity contribution in [1.29, 1.82) is 0 Å². The molecule has 1 aromatic carbocycles. The number of nitrogens with one attached hydrogen (secondary N) is 1. The van der Waals surface area contributed by atoms with Crippen LogP contribution in [0, 0.1) is 13.8 Å². The molecule has 0 spiro atoms. The zero-order valence-electron chi connectivity index (χ0n) is 11.2. The number of rotatable bonds is 3. The molecule has 0 saturated heterocycles. The molecule has 2 rings (SSSR count). The van der Waals surface area contributed by atoms with Gasteiger partial charge in [0, 0.05) is 6.92 Å². The van der Waals surface area contributed by atoms with Gasteiger partial charge in [0.05, 0.1) is 0 Å². The molecule has 4 heteroatoms. The summed E-state index contributed by atoms with van der Waals surface area (Å²) in [7, 11) is 0. The van der Waals surface area contributed by atoms with Crippen LogP contribution < -0.4 is 5.32 Å². The number of nitrogens with zero attached hydrogens (tertiary/aromatic N) is 1. The summed E-state index contributed by atoms with van der Waals surface area (Å²) in [6.07, 6.45) is 3.72. The minimum absolute atomic E-state index is 0.142. The van der Waals surface area contributed by atoms with Crippen LogP contribution in [0.25, 0.3) is 12.2 Å². The Balaban J connectivity index is 2.23. The van der Waals surface area contributed by atoms with Crippen LogP contribution in [-0.2, 0) is 4.79 Å². The Labute approximate surface area is 112 Å². The molecular weight excluding hydrogens is 240 g/mol. The predicted molar refractivity (Wildman–Crippen MR) is 75.7 cm³/mol. The quantitative estimate of drug-likeness (QED) is 0.915. The van der Waals surface area contributed by atoms with Gasteiger partial charge in [-0.05, 0) is 25.5 Å². The first-order valence-electron chi connectivity index (χ1n) is 6.05. The summed E-state index contributed by atoms with van der Waals surface area (Å²) in [6.45, 7) is 5.29. The van der Waals surface area contributed by atoms with Gasteiger partial charge in [-0.15, -0.1) is 0 Å². The SMILES string of the molecule is CC(=O)Nc1c(C)noc1/C=C/c1ccc(C)cc1. The average molecular weight is 256 g/mol. The molecule has 19 heavy (non-hydrogen) atoms. The fourth-order valence-electron chi connectivity index (χ4n) is 1.68. The van der Waals surface area contributed by atoms with Crippen molar-refractivity contribution < 1.29 is 9.32 Å². The summed E-state index contributed by atoms with van der Waals surface area (Å²) >= 11 is 0. The molecule has 1 amide bonds. The van der Waals surface area contributed by atoms with E-state index in [-0.39, 0.29) is 5.91 Å². The van der Waals surface area contributed by atoms with Crippen LogP contribution in [-0.4, -0.2) is 11.1 Å². The molecule has 4 nitrogen and oxygen atoms in total. The maximum Gasteiger partial charge on any atom is 0.221 e. The van der Waals surface area contributed by atoms with E-state index >= 15 is 0 Å². The number of carbonyl (C=O) groups is 1. The van der Waals surface area contributed by atoms with Crippen LogP contribution in [0.2, 0.25) is 0 Å². The van der Waals surface area contributed by atoms with Crippen molar-refractivity contribution in [3.63, 3.8) is 0 Å². The smallest absolute Gasteiger partial charge is 0.221 e.